The van der Waals surface area contributed by atoms with Gasteiger partial charge in [0, 0.05) is 18.8 Å². The minimum atomic E-state index is -0.139. The molecule has 0 saturated heterocycles. The van der Waals surface area contributed by atoms with Crippen LogP contribution in [0.2, 0.25) is 0 Å². The second-order valence-corrected chi connectivity index (χ2v) is 4.20. The Balaban J connectivity index is 1.74. The maximum Gasteiger partial charge on any atom is 0.350 e. The van der Waals surface area contributed by atoms with Crippen LogP contribution in [0, 0.1) is 11.8 Å². The molecule has 0 aliphatic carbocycles. The van der Waals surface area contributed by atoms with Crippen molar-refractivity contribution in [3.8, 4) is 11.8 Å². The summed E-state index contributed by atoms with van der Waals surface area (Å²) in [7, 11) is 0. The molecule has 0 unspecified atom stereocenters. The van der Waals surface area contributed by atoms with Crippen molar-refractivity contribution in [2.24, 2.45) is 0 Å². The maximum absolute atomic E-state index is 12.0. The molecule has 5 heteroatoms. The van der Waals surface area contributed by atoms with Gasteiger partial charge < -0.3 is 0 Å². The van der Waals surface area contributed by atoms with E-state index < -0.39 is 0 Å². The van der Waals surface area contributed by atoms with Crippen molar-refractivity contribution >= 4 is 5.65 Å². The van der Waals surface area contributed by atoms with Crippen LogP contribution in [0.4, 0.5) is 0 Å². The van der Waals surface area contributed by atoms with E-state index in [2.05, 4.69) is 21.9 Å². The lowest BCUT2D eigenvalue weighted by Crippen LogP contribution is -2.20. The van der Waals surface area contributed by atoms with Gasteiger partial charge in [0.15, 0.2) is 5.65 Å². The average molecular weight is 264 g/mol. The molecule has 0 radical (unpaired) electrons. The van der Waals surface area contributed by atoms with Gasteiger partial charge in [-0.2, -0.15) is 0 Å². The van der Waals surface area contributed by atoms with Gasteiger partial charge in [-0.3, -0.25) is 4.40 Å². The van der Waals surface area contributed by atoms with E-state index in [1.54, 1.807) is 24.5 Å². The standard InChI is InChI=1S/C15H12N4O/c20-15-18-11-5-3-9-14(18)17-19(15)12-6-2-8-13-7-1-4-10-16-13/h1,3-5,7,9-11H,6,12H2. The summed E-state index contributed by atoms with van der Waals surface area (Å²) >= 11 is 0. The van der Waals surface area contributed by atoms with Gasteiger partial charge in [0.2, 0.25) is 0 Å². The molecule has 3 heterocycles. The molecular weight excluding hydrogens is 252 g/mol. The first-order valence-electron chi connectivity index (χ1n) is 6.29. The number of pyridine rings is 2. The van der Waals surface area contributed by atoms with Gasteiger partial charge >= 0.3 is 5.69 Å². The zero-order valence-electron chi connectivity index (χ0n) is 10.7. The summed E-state index contributed by atoms with van der Waals surface area (Å²) in [5.74, 6) is 5.96. The molecule has 98 valence electrons. The predicted molar refractivity (Wildman–Crippen MR) is 75.2 cm³/mol. The molecule has 0 aliphatic heterocycles. The second-order valence-electron chi connectivity index (χ2n) is 4.20. The van der Waals surface area contributed by atoms with Crippen LogP contribution < -0.4 is 5.69 Å². The lowest BCUT2D eigenvalue weighted by atomic mass is 10.3. The van der Waals surface area contributed by atoms with Crippen LogP contribution in [0.25, 0.3) is 5.65 Å². The van der Waals surface area contributed by atoms with E-state index in [0.29, 0.717) is 18.6 Å². The highest BCUT2D eigenvalue weighted by atomic mass is 16.2. The Bertz CT molecular complexity index is 837. The van der Waals surface area contributed by atoms with Crippen LogP contribution in [0.3, 0.4) is 0 Å². The summed E-state index contributed by atoms with van der Waals surface area (Å²) in [5.41, 5.74) is 1.24. The zero-order valence-corrected chi connectivity index (χ0v) is 10.7. The quantitative estimate of drug-likeness (QED) is 0.656. The highest BCUT2D eigenvalue weighted by molar-refractivity contribution is 5.35. The molecule has 0 amide bonds. The third kappa shape index (κ3) is 2.45. The molecule has 0 saturated carbocycles. The maximum atomic E-state index is 12.0. The van der Waals surface area contributed by atoms with Gasteiger partial charge in [-0.25, -0.2) is 14.5 Å². The van der Waals surface area contributed by atoms with Crippen LogP contribution in [-0.4, -0.2) is 19.2 Å². The summed E-state index contributed by atoms with van der Waals surface area (Å²) in [6.45, 7) is 0.473. The van der Waals surface area contributed by atoms with Crippen LogP contribution in [-0.2, 0) is 6.54 Å². The van der Waals surface area contributed by atoms with Gasteiger partial charge in [-0.15, -0.1) is 5.10 Å². The Labute approximate surface area is 115 Å². The van der Waals surface area contributed by atoms with Crippen LogP contribution in [0.5, 0.6) is 0 Å². The summed E-state index contributed by atoms with van der Waals surface area (Å²) in [6, 6.07) is 11.1. The van der Waals surface area contributed by atoms with Crippen molar-refractivity contribution in [2.75, 3.05) is 0 Å². The summed E-state index contributed by atoms with van der Waals surface area (Å²) in [5, 5.41) is 4.24. The largest absolute Gasteiger partial charge is 0.350 e. The Morgan fingerprint density at radius 1 is 1.15 bits per heavy atom. The number of aryl methyl sites for hydroxylation is 1. The molecule has 0 N–H and O–H groups in total. The van der Waals surface area contributed by atoms with Gasteiger partial charge in [-0.1, -0.05) is 18.1 Å². The Hall–Kier alpha value is -2.87. The number of rotatable bonds is 2. The fourth-order valence-electron chi connectivity index (χ4n) is 1.87. The first-order valence-corrected chi connectivity index (χ1v) is 6.29. The summed E-state index contributed by atoms with van der Waals surface area (Å²) in [4.78, 5) is 16.1. The van der Waals surface area contributed by atoms with Gasteiger partial charge in [0.05, 0.1) is 6.54 Å². The highest BCUT2D eigenvalue weighted by Gasteiger charge is 2.03. The van der Waals surface area contributed by atoms with Crippen molar-refractivity contribution in [3.63, 3.8) is 0 Å². The lowest BCUT2D eigenvalue weighted by molar-refractivity contribution is 0.606. The Kier molecular flexibility index (Phi) is 3.29. The molecule has 3 rings (SSSR count). The van der Waals surface area contributed by atoms with E-state index in [1.807, 2.05) is 24.3 Å². The van der Waals surface area contributed by atoms with Crippen molar-refractivity contribution in [1.82, 2.24) is 19.2 Å². The monoisotopic (exact) mass is 264 g/mol. The number of hydrogen-bond acceptors (Lipinski definition) is 3. The lowest BCUT2D eigenvalue weighted by Gasteiger charge is -1.92. The molecule has 0 spiro atoms. The van der Waals surface area contributed by atoms with Crippen LogP contribution in [0.15, 0.2) is 53.6 Å². The van der Waals surface area contributed by atoms with E-state index in [4.69, 9.17) is 0 Å². The molecular formula is C15H12N4O. The van der Waals surface area contributed by atoms with Crippen molar-refractivity contribution < 1.29 is 0 Å². The molecule has 20 heavy (non-hydrogen) atoms. The molecule has 0 bridgehead atoms. The van der Waals surface area contributed by atoms with Gasteiger partial charge in [0.1, 0.15) is 5.69 Å². The van der Waals surface area contributed by atoms with E-state index in [-0.39, 0.29) is 5.69 Å². The molecule has 0 aromatic carbocycles. The summed E-state index contributed by atoms with van der Waals surface area (Å²) in [6.07, 6.45) is 3.97. The average Bonchev–Trinajstić information content (AvgIpc) is 2.82. The third-order valence-electron chi connectivity index (χ3n) is 2.82. The van der Waals surface area contributed by atoms with E-state index >= 15 is 0 Å². The SMILES string of the molecule is O=c1n(CCC#Cc2ccccn2)nc2ccccn12. The molecule has 3 aromatic rings. The van der Waals surface area contributed by atoms with Crippen LogP contribution >= 0.6 is 0 Å². The van der Waals surface area contributed by atoms with Gasteiger partial charge in [-0.05, 0) is 30.2 Å². The molecule has 0 aliphatic rings. The van der Waals surface area contributed by atoms with E-state index in [1.165, 1.54) is 9.08 Å². The number of aromatic nitrogens is 4. The Morgan fingerprint density at radius 2 is 2.05 bits per heavy atom. The van der Waals surface area contributed by atoms with E-state index in [9.17, 15) is 4.79 Å². The molecule has 3 aromatic heterocycles. The van der Waals surface area contributed by atoms with Gasteiger partial charge in [0.25, 0.3) is 0 Å². The number of fused-ring (bicyclic) bond motifs is 1. The molecule has 5 nitrogen and oxygen atoms in total. The first-order chi connectivity index (χ1) is 9.84. The fraction of sp³-hybridized carbons (Fsp3) is 0.133. The van der Waals surface area contributed by atoms with Crippen molar-refractivity contribution in [2.45, 2.75) is 13.0 Å². The molecule has 0 fully saturated rings. The topological polar surface area (TPSA) is 52.2 Å². The third-order valence-corrected chi connectivity index (χ3v) is 2.82. The zero-order chi connectivity index (χ0) is 13.8. The normalized spacial score (nSPS) is 10.2. The highest BCUT2D eigenvalue weighted by Crippen LogP contribution is 1.96. The smallest absolute Gasteiger partial charge is 0.250 e. The molecule has 0 atom stereocenters. The number of hydrogen-bond donors (Lipinski definition) is 0. The van der Waals surface area contributed by atoms with Crippen molar-refractivity contribution in [1.29, 1.82) is 0 Å². The second kappa shape index (κ2) is 5.41. The fourth-order valence-corrected chi connectivity index (χ4v) is 1.87. The predicted octanol–water partition coefficient (Wildman–Crippen LogP) is 1.33. The van der Waals surface area contributed by atoms with E-state index in [0.717, 1.165) is 5.69 Å². The minimum absolute atomic E-state index is 0.139. The van der Waals surface area contributed by atoms with Crippen molar-refractivity contribution in [3.05, 3.63) is 65.0 Å². The number of nitrogens with zero attached hydrogens (tertiary/aromatic N) is 4. The minimum Gasteiger partial charge on any atom is -0.250 e. The Morgan fingerprint density at radius 3 is 2.85 bits per heavy atom. The summed E-state index contributed by atoms with van der Waals surface area (Å²) < 4.78 is 2.95. The van der Waals surface area contributed by atoms with Crippen LogP contribution in [0.1, 0.15) is 12.1 Å². The first kappa shape index (κ1) is 12.2.